The van der Waals surface area contributed by atoms with E-state index in [0.29, 0.717) is 24.6 Å². The van der Waals surface area contributed by atoms with Crippen LogP contribution in [0.3, 0.4) is 0 Å². The zero-order chi connectivity index (χ0) is 33.5. The first-order valence-electron chi connectivity index (χ1n) is 16.7. The number of nitrogens with zero attached hydrogens (tertiary/aromatic N) is 5. The number of rotatable bonds is 5. The van der Waals surface area contributed by atoms with E-state index in [-0.39, 0.29) is 36.3 Å². The smallest absolute Gasteiger partial charge is 0.323 e. The van der Waals surface area contributed by atoms with E-state index in [1.165, 1.54) is 38.9 Å². The Labute approximate surface area is 271 Å². The van der Waals surface area contributed by atoms with Crippen molar-refractivity contribution in [2.24, 2.45) is 0 Å². The predicted molar refractivity (Wildman–Crippen MR) is 176 cm³/mol. The largest absolute Gasteiger partial charge is 0.465 e. The molecule has 13 heteroatoms. The van der Waals surface area contributed by atoms with Crippen LogP contribution in [0.1, 0.15) is 58.3 Å². The van der Waals surface area contributed by atoms with Gasteiger partial charge in [0.1, 0.15) is 11.6 Å². The number of hydrogen-bond acceptors (Lipinski definition) is 12. The second-order valence-corrected chi connectivity index (χ2v) is 13.3. The molecule has 2 spiro atoms. The summed E-state index contributed by atoms with van der Waals surface area (Å²) in [5.41, 5.74) is 0.161. The quantitative estimate of drug-likeness (QED) is 0.149. The van der Waals surface area contributed by atoms with Crippen LogP contribution in [0.2, 0.25) is 0 Å². The van der Waals surface area contributed by atoms with Gasteiger partial charge in [-0.15, -0.1) is 0 Å². The molecule has 0 radical (unpaired) electrons. The van der Waals surface area contributed by atoms with Gasteiger partial charge in [-0.3, -0.25) is 24.3 Å². The molecule has 0 saturated carbocycles. The first-order chi connectivity index (χ1) is 21.5. The lowest BCUT2D eigenvalue weighted by molar-refractivity contribution is -0.157. The highest BCUT2D eigenvalue weighted by molar-refractivity contribution is 5.92. The summed E-state index contributed by atoms with van der Waals surface area (Å²) in [6.07, 6.45) is 9.06. The van der Waals surface area contributed by atoms with Crippen molar-refractivity contribution in [2.75, 3.05) is 107 Å². The minimum absolute atomic E-state index is 0.0231. The fourth-order valence-corrected chi connectivity index (χ4v) is 6.93. The molecular formula is C32H62N8O5. The number of carbonyl (C=O) groups is 2. The van der Waals surface area contributed by atoms with Gasteiger partial charge in [-0.1, -0.05) is 0 Å². The fourth-order valence-electron chi connectivity index (χ4n) is 6.93. The van der Waals surface area contributed by atoms with Gasteiger partial charge in [0, 0.05) is 32.2 Å². The molecule has 6 aliphatic rings. The van der Waals surface area contributed by atoms with E-state index in [9.17, 15) is 9.59 Å². The Balaban J connectivity index is 0.000000200. The number of nitrogens with one attached hydrogen (secondary N) is 3. The molecule has 6 saturated heterocycles. The Morgan fingerprint density at radius 3 is 1.98 bits per heavy atom. The van der Waals surface area contributed by atoms with Gasteiger partial charge in [0.25, 0.3) is 0 Å². The van der Waals surface area contributed by atoms with Crippen molar-refractivity contribution in [3.05, 3.63) is 0 Å². The average Bonchev–Trinajstić information content (AvgIpc) is 3.83. The molecule has 260 valence electrons. The minimum atomic E-state index is -0.319. The van der Waals surface area contributed by atoms with E-state index in [1.54, 1.807) is 7.05 Å². The highest BCUT2D eigenvalue weighted by atomic mass is 16.5. The van der Waals surface area contributed by atoms with Crippen LogP contribution in [0.5, 0.6) is 0 Å². The third-order valence-corrected chi connectivity index (χ3v) is 10.2. The molecule has 2 atom stereocenters. The molecule has 6 aliphatic heterocycles. The Kier molecular flexibility index (Phi) is 16.6. The van der Waals surface area contributed by atoms with Crippen LogP contribution in [-0.2, 0) is 14.3 Å². The summed E-state index contributed by atoms with van der Waals surface area (Å²) in [5.74, 6) is 0.255. The number of amides is 1. The van der Waals surface area contributed by atoms with E-state index in [4.69, 9.17) is 20.2 Å². The molecule has 0 aromatic carbocycles. The first-order valence-corrected chi connectivity index (χ1v) is 16.7. The van der Waals surface area contributed by atoms with Crippen molar-refractivity contribution in [2.45, 2.75) is 80.9 Å². The van der Waals surface area contributed by atoms with E-state index in [0.717, 1.165) is 58.3 Å². The van der Waals surface area contributed by atoms with Gasteiger partial charge in [-0.25, -0.2) is 0 Å². The number of β-lactam (4-membered cyclic amide) rings is 1. The number of likely N-dealkylation sites (tertiary alicyclic amines) is 4. The van der Waals surface area contributed by atoms with Crippen LogP contribution in [0, 0.1) is 11.3 Å². The molecule has 0 aromatic rings. The van der Waals surface area contributed by atoms with Gasteiger partial charge < -0.3 is 35.8 Å². The van der Waals surface area contributed by atoms with Crippen molar-refractivity contribution in [3.8, 4) is 6.07 Å². The van der Waals surface area contributed by atoms with Gasteiger partial charge in [-0.05, 0) is 113 Å². The SMILES string of the molecule is C1CNC2(C1)CNC2.CCOC(=O)C1CCCN1C.CN1CC2(CCCN2C)C1=O.CN1CCCC1(CO)CO.CNCC#N. The van der Waals surface area contributed by atoms with E-state index < -0.39 is 0 Å². The summed E-state index contributed by atoms with van der Waals surface area (Å²) in [6.45, 7) is 10.6. The van der Waals surface area contributed by atoms with Gasteiger partial charge in [0.05, 0.1) is 38.0 Å². The molecule has 6 rings (SSSR count). The lowest BCUT2D eigenvalue weighted by Gasteiger charge is -2.48. The molecule has 0 bridgehead atoms. The van der Waals surface area contributed by atoms with Gasteiger partial charge in [0.15, 0.2) is 0 Å². The second-order valence-electron chi connectivity index (χ2n) is 13.3. The second kappa shape index (κ2) is 19.1. The molecule has 2 unspecified atom stereocenters. The Morgan fingerprint density at radius 2 is 1.69 bits per heavy atom. The van der Waals surface area contributed by atoms with Crippen LogP contribution >= 0.6 is 0 Å². The number of nitriles is 1. The molecular weight excluding hydrogens is 576 g/mol. The average molecular weight is 639 g/mol. The normalized spacial score (nSPS) is 27.8. The number of esters is 1. The number of aliphatic hydroxyl groups excluding tert-OH is 2. The lowest BCUT2D eigenvalue weighted by Crippen LogP contribution is -2.69. The summed E-state index contributed by atoms with van der Waals surface area (Å²) in [5, 5.41) is 35.2. The zero-order valence-corrected chi connectivity index (χ0v) is 28.9. The van der Waals surface area contributed by atoms with Crippen LogP contribution in [0.15, 0.2) is 0 Å². The maximum absolute atomic E-state index is 11.5. The molecule has 6 heterocycles. The summed E-state index contributed by atoms with van der Waals surface area (Å²) >= 11 is 0. The van der Waals surface area contributed by atoms with Crippen molar-refractivity contribution in [1.82, 2.24) is 35.6 Å². The van der Waals surface area contributed by atoms with Crippen LogP contribution in [0.25, 0.3) is 0 Å². The van der Waals surface area contributed by atoms with E-state index in [2.05, 4.69) is 32.8 Å². The van der Waals surface area contributed by atoms with Crippen molar-refractivity contribution >= 4 is 11.9 Å². The van der Waals surface area contributed by atoms with Gasteiger partial charge in [0.2, 0.25) is 5.91 Å². The fraction of sp³-hybridized carbons (Fsp3) is 0.906. The molecule has 5 N–H and O–H groups in total. The summed E-state index contributed by atoms with van der Waals surface area (Å²) in [6, 6.07) is 1.93. The number of aliphatic hydroxyl groups is 2. The standard InChI is InChI=1S/C8H14N2O.C8H15NO2.C7H15NO2.C6H12N2.C3H6N2/c1-9-6-8(7(9)11)4-3-5-10(8)2;1-3-11-8(10)7-5-4-6-9(7)2;1-8-4-2-3-7(8,5-9)6-10;1-2-6(8-3-1)4-7-5-6;1-5-3-2-4/h3-6H2,1-2H3;7H,3-6H2,1-2H3;9-10H,2-6H2,1H3;7-8H,1-5H2;5H,3H2,1H3. The Bertz CT molecular complexity index is 933. The van der Waals surface area contributed by atoms with Crippen LogP contribution < -0.4 is 16.0 Å². The first kappa shape index (κ1) is 39.3. The van der Waals surface area contributed by atoms with Crippen LogP contribution in [0.4, 0.5) is 0 Å². The van der Waals surface area contributed by atoms with E-state index >= 15 is 0 Å². The third-order valence-electron chi connectivity index (χ3n) is 10.2. The number of carbonyl (C=O) groups excluding carboxylic acids is 2. The molecule has 13 nitrogen and oxygen atoms in total. The highest BCUT2D eigenvalue weighted by Crippen LogP contribution is 2.36. The van der Waals surface area contributed by atoms with E-state index in [1.807, 2.05) is 43.9 Å². The summed E-state index contributed by atoms with van der Waals surface area (Å²) in [7, 11) is 9.58. The molecule has 0 aliphatic carbocycles. The van der Waals surface area contributed by atoms with Crippen molar-refractivity contribution in [3.63, 3.8) is 0 Å². The number of ether oxygens (including phenoxy) is 1. The molecule has 1 amide bonds. The van der Waals surface area contributed by atoms with Crippen molar-refractivity contribution in [1.29, 1.82) is 5.26 Å². The number of likely N-dealkylation sites (N-methyl/N-ethyl adjacent to an activating group) is 4. The molecule has 6 fully saturated rings. The summed E-state index contributed by atoms with van der Waals surface area (Å²) < 4.78 is 4.92. The van der Waals surface area contributed by atoms with Gasteiger partial charge >= 0.3 is 5.97 Å². The summed E-state index contributed by atoms with van der Waals surface area (Å²) in [4.78, 5) is 30.8. The minimum Gasteiger partial charge on any atom is -0.465 e. The highest BCUT2D eigenvalue weighted by Gasteiger charge is 2.55. The Morgan fingerprint density at radius 1 is 1.02 bits per heavy atom. The topological polar surface area (TPSA) is 157 Å². The zero-order valence-electron chi connectivity index (χ0n) is 28.9. The maximum atomic E-state index is 11.5. The lowest BCUT2D eigenvalue weighted by atomic mass is 9.87. The maximum Gasteiger partial charge on any atom is 0.323 e. The molecule has 45 heavy (non-hydrogen) atoms. The van der Waals surface area contributed by atoms with Crippen LogP contribution in [-0.4, -0.2) is 172 Å². The predicted octanol–water partition coefficient (Wildman–Crippen LogP) is -0.557. The third kappa shape index (κ3) is 10.3. The van der Waals surface area contributed by atoms with Gasteiger partial charge in [-0.2, -0.15) is 5.26 Å². The van der Waals surface area contributed by atoms with Crippen molar-refractivity contribution < 1.29 is 24.5 Å². The molecule has 0 aromatic heterocycles. The Hall–Kier alpha value is -1.89. The monoisotopic (exact) mass is 638 g/mol. The number of hydrogen-bond donors (Lipinski definition) is 5.